The van der Waals surface area contributed by atoms with Crippen molar-refractivity contribution in [1.82, 2.24) is 5.43 Å². The fourth-order valence-electron chi connectivity index (χ4n) is 2.08. The molecule has 0 spiro atoms. The summed E-state index contributed by atoms with van der Waals surface area (Å²) in [5.74, 6) is 5.73. The second-order valence-corrected chi connectivity index (χ2v) is 8.12. The third-order valence-electron chi connectivity index (χ3n) is 3.01. The van der Waals surface area contributed by atoms with Crippen LogP contribution in [0.1, 0.15) is 36.1 Å². The number of halogens is 2. The Labute approximate surface area is 134 Å². The van der Waals surface area contributed by atoms with Gasteiger partial charge < -0.3 is 0 Å². The zero-order chi connectivity index (χ0) is 13.8. The first kappa shape index (κ1) is 15.2. The monoisotopic (exact) mass is 402 g/mol. The van der Waals surface area contributed by atoms with Crippen LogP contribution in [0.5, 0.6) is 0 Å². The van der Waals surface area contributed by atoms with Crippen LogP contribution in [0.2, 0.25) is 0 Å². The van der Waals surface area contributed by atoms with Crippen LogP contribution in [0.4, 0.5) is 0 Å². The molecule has 1 unspecified atom stereocenters. The minimum Gasteiger partial charge on any atom is -0.271 e. The Bertz CT molecular complexity index is 537. The van der Waals surface area contributed by atoms with Gasteiger partial charge in [-0.3, -0.25) is 5.84 Å². The predicted molar refractivity (Wildman–Crippen MR) is 89.3 cm³/mol. The molecule has 1 aromatic heterocycles. The van der Waals surface area contributed by atoms with Crippen LogP contribution < -0.4 is 11.3 Å². The van der Waals surface area contributed by atoms with Crippen molar-refractivity contribution < 1.29 is 0 Å². The lowest BCUT2D eigenvalue weighted by Gasteiger charge is -2.16. The van der Waals surface area contributed by atoms with Crippen molar-refractivity contribution in [3.63, 3.8) is 0 Å². The summed E-state index contributed by atoms with van der Waals surface area (Å²) in [5, 5.41) is 0. The molecule has 1 atom stereocenters. The van der Waals surface area contributed by atoms with E-state index in [2.05, 4.69) is 74.5 Å². The van der Waals surface area contributed by atoms with Crippen molar-refractivity contribution in [1.29, 1.82) is 0 Å². The first-order valence-electron chi connectivity index (χ1n) is 6.15. The maximum atomic E-state index is 5.73. The first-order chi connectivity index (χ1) is 9.15. The fraction of sp³-hybridized carbons (Fsp3) is 0.286. The Morgan fingerprint density at radius 3 is 2.42 bits per heavy atom. The molecular formula is C14H16Br2N2S. The van der Waals surface area contributed by atoms with Crippen LogP contribution in [-0.4, -0.2) is 0 Å². The number of nitrogens with two attached hydrogens (primary N) is 1. The predicted octanol–water partition coefficient (Wildman–Crippen LogP) is 4.78. The molecule has 2 rings (SSSR count). The van der Waals surface area contributed by atoms with Crippen LogP contribution in [-0.2, 0) is 6.42 Å². The molecule has 0 fully saturated rings. The Balaban J connectivity index is 2.29. The van der Waals surface area contributed by atoms with E-state index in [-0.39, 0.29) is 6.04 Å². The minimum atomic E-state index is 0.00704. The van der Waals surface area contributed by atoms with Gasteiger partial charge in [-0.1, -0.05) is 37.6 Å². The number of aryl methyl sites for hydroxylation is 1. The largest absolute Gasteiger partial charge is 0.271 e. The zero-order valence-electron chi connectivity index (χ0n) is 10.6. The van der Waals surface area contributed by atoms with Crippen molar-refractivity contribution in [2.75, 3.05) is 0 Å². The molecule has 0 aliphatic heterocycles. The topological polar surface area (TPSA) is 38.0 Å². The van der Waals surface area contributed by atoms with Crippen LogP contribution in [0.15, 0.2) is 37.9 Å². The van der Waals surface area contributed by atoms with Gasteiger partial charge in [-0.25, -0.2) is 5.43 Å². The summed E-state index contributed by atoms with van der Waals surface area (Å²) in [4.78, 5) is 0. The quantitative estimate of drug-likeness (QED) is 0.556. The number of hydrogen-bond acceptors (Lipinski definition) is 3. The average Bonchev–Trinajstić information content (AvgIpc) is 2.72. The zero-order valence-corrected chi connectivity index (χ0v) is 14.6. The number of hydrogen-bond donors (Lipinski definition) is 2. The van der Waals surface area contributed by atoms with Crippen molar-refractivity contribution >= 4 is 43.2 Å². The smallest absolute Gasteiger partial charge is 0.0762 e. The fourth-order valence-corrected chi connectivity index (χ4v) is 4.98. The molecule has 0 saturated carbocycles. The van der Waals surface area contributed by atoms with Crippen LogP contribution in [0.3, 0.4) is 0 Å². The lowest BCUT2D eigenvalue weighted by Crippen LogP contribution is -2.28. The Morgan fingerprint density at radius 2 is 1.95 bits per heavy atom. The van der Waals surface area contributed by atoms with Gasteiger partial charge in [0.2, 0.25) is 0 Å². The molecule has 19 heavy (non-hydrogen) atoms. The van der Waals surface area contributed by atoms with Gasteiger partial charge in [-0.2, -0.15) is 0 Å². The molecular weight excluding hydrogens is 388 g/mol. The highest BCUT2D eigenvalue weighted by molar-refractivity contribution is 9.12. The molecule has 0 saturated heterocycles. The number of benzene rings is 1. The lowest BCUT2D eigenvalue weighted by molar-refractivity contribution is 0.636. The van der Waals surface area contributed by atoms with E-state index < -0.39 is 0 Å². The maximum absolute atomic E-state index is 5.73. The number of nitrogens with one attached hydrogen (secondary N) is 1. The van der Waals surface area contributed by atoms with E-state index >= 15 is 0 Å². The molecule has 3 N–H and O–H groups in total. The molecule has 0 radical (unpaired) electrons. The average molecular weight is 404 g/mol. The normalized spacial score (nSPS) is 12.6. The van der Waals surface area contributed by atoms with Gasteiger partial charge in [0.25, 0.3) is 0 Å². The van der Waals surface area contributed by atoms with E-state index in [1.807, 2.05) is 0 Å². The van der Waals surface area contributed by atoms with E-state index in [9.17, 15) is 0 Å². The molecule has 0 aliphatic rings. The van der Waals surface area contributed by atoms with E-state index in [1.54, 1.807) is 11.3 Å². The number of rotatable bonds is 5. The molecule has 1 heterocycles. The van der Waals surface area contributed by atoms with E-state index in [1.165, 1.54) is 17.5 Å². The standard InChI is InChI=1S/C14H16Br2N2S/c1-2-3-9-4-6-10(7-5-9)13(18-17)11-8-12(15)19-14(11)16/h4-8,13,18H,2-3,17H2,1H3. The van der Waals surface area contributed by atoms with Crippen LogP contribution >= 0.6 is 43.2 Å². The first-order valence-corrected chi connectivity index (χ1v) is 8.55. The van der Waals surface area contributed by atoms with Gasteiger partial charge in [0, 0.05) is 5.56 Å². The summed E-state index contributed by atoms with van der Waals surface area (Å²) in [5.41, 5.74) is 6.59. The molecule has 5 heteroatoms. The van der Waals surface area contributed by atoms with E-state index in [4.69, 9.17) is 5.84 Å². The third-order valence-corrected chi connectivity index (χ3v) is 5.40. The van der Waals surface area contributed by atoms with E-state index in [0.717, 1.165) is 19.6 Å². The molecule has 1 aromatic carbocycles. The molecule has 0 bridgehead atoms. The highest BCUT2D eigenvalue weighted by atomic mass is 79.9. The summed E-state index contributed by atoms with van der Waals surface area (Å²) >= 11 is 8.75. The van der Waals surface area contributed by atoms with Gasteiger partial charge in [0.1, 0.15) is 0 Å². The molecule has 0 amide bonds. The molecule has 102 valence electrons. The summed E-state index contributed by atoms with van der Waals surface area (Å²) in [7, 11) is 0. The second kappa shape index (κ2) is 6.99. The van der Waals surface area contributed by atoms with Gasteiger partial charge in [-0.15, -0.1) is 11.3 Å². The van der Waals surface area contributed by atoms with Gasteiger partial charge in [0.05, 0.1) is 13.6 Å². The summed E-state index contributed by atoms with van der Waals surface area (Å²) in [6.45, 7) is 2.19. The van der Waals surface area contributed by atoms with Crippen molar-refractivity contribution in [2.45, 2.75) is 25.8 Å². The van der Waals surface area contributed by atoms with Crippen molar-refractivity contribution in [2.24, 2.45) is 5.84 Å². The summed E-state index contributed by atoms with van der Waals surface area (Å²) < 4.78 is 2.19. The highest BCUT2D eigenvalue weighted by Gasteiger charge is 2.17. The number of thiophene rings is 1. The Hall–Kier alpha value is -0.200. The summed E-state index contributed by atoms with van der Waals surface area (Å²) in [6.07, 6.45) is 2.29. The Morgan fingerprint density at radius 1 is 1.26 bits per heavy atom. The van der Waals surface area contributed by atoms with Crippen LogP contribution in [0.25, 0.3) is 0 Å². The summed E-state index contributed by atoms with van der Waals surface area (Å²) in [6, 6.07) is 10.8. The SMILES string of the molecule is CCCc1ccc(C(NN)c2cc(Br)sc2Br)cc1. The van der Waals surface area contributed by atoms with Crippen LogP contribution in [0, 0.1) is 0 Å². The highest BCUT2D eigenvalue weighted by Crippen LogP contribution is 2.37. The van der Waals surface area contributed by atoms with Gasteiger partial charge >= 0.3 is 0 Å². The maximum Gasteiger partial charge on any atom is 0.0762 e. The van der Waals surface area contributed by atoms with Crippen molar-refractivity contribution in [3.8, 4) is 0 Å². The number of hydrazine groups is 1. The van der Waals surface area contributed by atoms with E-state index in [0.29, 0.717) is 0 Å². The molecule has 2 aromatic rings. The molecule has 0 aliphatic carbocycles. The van der Waals surface area contributed by atoms with Gasteiger partial charge in [-0.05, 0) is 55.5 Å². The second-order valence-electron chi connectivity index (χ2n) is 4.37. The van der Waals surface area contributed by atoms with Gasteiger partial charge in [0.15, 0.2) is 0 Å². The Kier molecular flexibility index (Phi) is 5.59. The minimum absolute atomic E-state index is 0.00704. The van der Waals surface area contributed by atoms with Crippen molar-refractivity contribution in [3.05, 3.63) is 54.6 Å². The molecule has 2 nitrogen and oxygen atoms in total. The third kappa shape index (κ3) is 3.67. The lowest BCUT2D eigenvalue weighted by atomic mass is 9.99.